The molecule has 0 amide bonds. The molecule has 8 atom stereocenters. The van der Waals surface area contributed by atoms with Crippen molar-refractivity contribution < 1.29 is 67.0 Å². The van der Waals surface area contributed by atoms with Crippen molar-refractivity contribution in [1.82, 2.24) is 0 Å². The Hall–Kier alpha value is -4.56. The quantitative estimate of drug-likeness (QED) is 0.189. The minimum atomic E-state index is -2.11. The van der Waals surface area contributed by atoms with E-state index in [1.807, 2.05) is 6.07 Å². The molecule has 2 bridgehead atoms. The molecule has 0 aromatic heterocycles. The van der Waals surface area contributed by atoms with E-state index in [-0.39, 0.29) is 25.9 Å². The van der Waals surface area contributed by atoms with E-state index in [2.05, 4.69) is 0 Å². The number of ether oxygens (including phenoxy) is 7. The number of rotatable bonds is 12. The van der Waals surface area contributed by atoms with Gasteiger partial charge in [-0.1, -0.05) is 36.4 Å². The van der Waals surface area contributed by atoms with Gasteiger partial charge in [-0.25, -0.2) is 14.4 Å². The highest BCUT2D eigenvalue weighted by Gasteiger charge is 2.85. The van der Waals surface area contributed by atoms with Crippen molar-refractivity contribution in [3.05, 3.63) is 53.6 Å². The summed E-state index contributed by atoms with van der Waals surface area (Å²) in [6.45, 7) is 7.95. The van der Waals surface area contributed by atoms with Crippen molar-refractivity contribution >= 4 is 41.9 Å². The van der Waals surface area contributed by atoms with Crippen molar-refractivity contribution in [2.75, 3.05) is 19.8 Å². The predicted octanol–water partition coefficient (Wildman–Crippen LogP) is 3.17. The smallest absolute Gasteiger partial charge is 0.344 e. The summed E-state index contributed by atoms with van der Waals surface area (Å²) in [6, 6.07) is 8.95. The lowest BCUT2D eigenvalue weighted by Crippen LogP contribution is -2.81. The maximum Gasteiger partial charge on any atom is 0.344 e. The Bertz CT molecular complexity index is 1580. The number of fused-ring (bicyclic) bond motifs is 1. The van der Waals surface area contributed by atoms with E-state index >= 15 is 0 Å². The number of hydrogen-bond donors (Lipinski definition) is 1. The topological polar surface area (TPSA) is 187 Å². The van der Waals surface area contributed by atoms with E-state index in [0.29, 0.717) is 11.1 Å². The third-order valence-corrected chi connectivity index (χ3v) is 10.1. The number of benzene rings is 1. The molecule has 1 saturated heterocycles. The molecule has 14 nitrogen and oxygen atoms in total. The van der Waals surface area contributed by atoms with Gasteiger partial charge in [0.2, 0.25) is 0 Å². The second kappa shape index (κ2) is 15.4. The Kier molecular flexibility index (Phi) is 11.8. The van der Waals surface area contributed by atoms with Gasteiger partial charge < -0.3 is 38.3 Å². The van der Waals surface area contributed by atoms with Crippen LogP contribution in [0.3, 0.4) is 0 Å². The highest BCUT2D eigenvalue weighted by atomic mass is 16.6. The number of carbonyl (C=O) groups is 6. The average Bonchev–Trinajstić information content (AvgIpc) is 3.25. The molecule has 1 heterocycles. The molecule has 1 spiro atoms. The van der Waals surface area contributed by atoms with Crippen LogP contribution in [-0.4, -0.2) is 95.9 Å². The summed E-state index contributed by atoms with van der Waals surface area (Å²) in [6.07, 6.45) is 0.0185. The van der Waals surface area contributed by atoms with Crippen LogP contribution >= 0.6 is 0 Å². The molecule has 0 radical (unpaired) electrons. The lowest BCUT2D eigenvalue weighted by molar-refractivity contribution is -0.343. The first-order valence-electron chi connectivity index (χ1n) is 16.7. The van der Waals surface area contributed by atoms with Crippen LogP contribution in [0.25, 0.3) is 6.08 Å². The normalized spacial score (nSPS) is 32.7. The van der Waals surface area contributed by atoms with Gasteiger partial charge in [0.15, 0.2) is 12.2 Å². The van der Waals surface area contributed by atoms with Gasteiger partial charge in [-0.15, -0.1) is 0 Å². The summed E-state index contributed by atoms with van der Waals surface area (Å²) in [7, 11) is 0. The largest absolute Gasteiger partial charge is 0.465 e. The minimum Gasteiger partial charge on any atom is -0.465 e. The summed E-state index contributed by atoms with van der Waals surface area (Å²) in [5, 5.41) is 12.5. The van der Waals surface area contributed by atoms with E-state index in [0.717, 1.165) is 13.8 Å². The molecule has 51 heavy (non-hydrogen) atoms. The van der Waals surface area contributed by atoms with Crippen LogP contribution in [0.1, 0.15) is 73.3 Å². The fourth-order valence-electron chi connectivity index (χ4n) is 7.75. The van der Waals surface area contributed by atoms with Crippen molar-refractivity contribution in [2.45, 2.75) is 103 Å². The fraction of sp³-hybridized carbons (Fsp3) is 0.568. The van der Waals surface area contributed by atoms with Gasteiger partial charge in [0.25, 0.3) is 0 Å². The van der Waals surface area contributed by atoms with Gasteiger partial charge in [-0.2, -0.15) is 0 Å². The maximum atomic E-state index is 13.6. The van der Waals surface area contributed by atoms with Crippen LogP contribution in [0.2, 0.25) is 0 Å². The molecule has 1 aromatic carbocycles. The van der Waals surface area contributed by atoms with Crippen LogP contribution in [0.5, 0.6) is 0 Å². The van der Waals surface area contributed by atoms with E-state index in [9.17, 15) is 33.9 Å². The lowest BCUT2D eigenvalue weighted by Gasteiger charge is -2.64. The maximum absolute atomic E-state index is 13.6. The molecule has 2 aliphatic carbocycles. The fourth-order valence-corrected chi connectivity index (χ4v) is 7.75. The lowest BCUT2D eigenvalue weighted by atomic mass is 9.47. The molecule has 14 heteroatoms. The zero-order valence-corrected chi connectivity index (χ0v) is 29.9. The molecule has 4 rings (SSSR count). The second-order valence-electron chi connectivity index (χ2n) is 13.6. The Balaban J connectivity index is 1.94. The summed E-state index contributed by atoms with van der Waals surface area (Å²) in [4.78, 5) is 76.5. The SMILES string of the molecule is C/C=C(/C)C(=O)OCC1(C)O[C@]23[C@H](OC(C)=O)[C@H]1C[C@H](OC(=O)/C=C\c1ccccc1)[C@]2(COC(C)=O)[C@@H](OC(=O)COC(C)=O)CC[C@]3(C)O. The molecule has 3 aliphatic rings. The molecule has 1 unspecified atom stereocenters. The predicted molar refractivity (Wildman–Crippen MR) is 177 cm³/mol. The van der Waals surface area contributed by atoms with E-state index < -0.39 is 95.5 Å². The first-order chi connectivity index (χ1) is 23.9. The Morgan fingerprint density at radius 2 is 1.53 bits per heavy atom. The van der Waals surface area contributed by atoms with Crippen molar-refractivity contribution in [3.8, 4) is 0 Å². The third kappa shape index (κ3) is 7.71. The van der Waals surface area contributed by atoms with Gasteiger partial charge in [0.05, 0.1) is 5.60 Å². The molecule has 2 saturated carbocycles. The highest BCUT2D eigenvalue weighted by Crippen LogP contribution is 2.69. The molecule has 278 valence electrons. The second-order valence-corrected chi connectivity index (χ2v) is 13.6. The van der Waals surface area contributed by atoms with Crippen molar-refractivity contribution in [2.24, 2.45) is 11.3 Å². The van der Waals surface area contributed by atoms with Crippen LogP contribution in [0.15, 0.2) is 48.1 Å². The Morgan fingerprint density at radius 3 is 2.14 bits per heavy atom. The molecular formula is C37H46O14. The van der Waals surface area contributed by atoms with Crippen LogP contribution in [0.4, 0.5) is 0 Å². The molecular weight excluding hydrogens is 668 g/mol. The summed E-state index contributed by atoms with van der Waals surface area (Å²) >= 11 is 0. The van der Waals surface area contributed by atoms with Gasteiger partial charge in [0.1, 0.15) is 42.5 Å². The molecule has 1 N–H and O–H groups in total. The average molecular weight is 715 g/mol. The molecule has 1 aliphatic heterocycles. The van der Waals surface area contributed by atoms with E-state index in [4.69, 9.17) is 33.2 Å². The highest BCUT2D eigenvalue weighted by molar-refractivity contribution is 5.88. The number of esters is 6. The van der Waals surface area contributed by atoms with Crippen LogP contribution < -0.4 is 0 Å². The summed E-state index contributed by atoms with van der Waals surface area (Å²) < 4.78 is 41.3. The van der Waals surface area contributed by atoms with Gasteiger partial charge >= 0.3 is 35.8 Å². The first kappa shape index (κ1) is 39.2. The number of allylic oxidation sites excluding steroid dienone is 1. The Labute approximate surface area is 296 Å². The zero-order chi connectivity index (χ0) is 37.8. The van der Waals surface area contributed by atoms with Crippen LogP contribution in [0, 0.1) is 11.3 Å². The van der Waals surface area contributed by atoms with Gasteiger partial charge in [-0.05, 0) is 58.6 Å². The zero-order valence-electron chi connectivity index (χ0n) is 29.9. The van der Waals surface area contributed by atoms with Crippen molar-refractivity contribution in [3.63, 3.8) is 0 Å². The van der Waals surface area contributed by atoms with Gasteiger partial charge in [0, 0.05) is 38.3 Å². The Morgan fingerprint density at radius 1 is 0.863 bits per heavy atom. The number of aliphatic hydroxyl groups is 1. The van der Waals surface area contributed by atoms with E-state index in [1.165, 1.54) is 26.0 Å². The van der Waals surface area contributed by atoms with E-state index in [1.54, 1.807) is 51.1 Å². The monoisotopic (exact) mass is 714 g/mol. The molecule has 3 fully saturated rings. The summed E-state index contributed by atoms with van der Waals surface area (Å²) in [5.74, 6) is -5.57. The number of hydrogen-bond acceptors (Lipinski definition) is 14. The standard InChI is InChI=1S/C37H46O14/c1-8-22(2)33(43)47-20-34(6)27-18-29(50-30(41)15-14-26-12-10-9-11-13-26)36(21-46-24(4)39)28(49-31(42)19-45-23(3)38)16-17-35(7,44)37(36,51-34)32(27)48-25(5)40/h8-15,27-29,32,44H,16-21H2,1-7H3/b15-14-,22-8-/t27-,28+,29+,32-,34?,35+,36+,37+/m1/s1. The minimum absolute atomic E-state index is 0.0667. The number of carbonyl (C=O) groups excluding carboxylic acids is 6. The third-order valence-electron chi connectivity index (χ3n) is 10.1. The molecule has 1 aromatic rings. The van der Waals surface area contributed by atoms with Crippen LogP contribution in [-0.2, 0) is 61.9 Å². The van der Waals surface area contributed by atoms with Gasteiger partial charge in [-0.3, -0.25) is 14.4 Å². The van der Waals surface area contributed by atoms with Crippen molar-refractivity contribution in [1.29, 1.82) is 0 Å². The first-order valence-corrected chi connectivity index (χ1v) is 16.7. The summed E-state index contributed by atoms with van der Waals surface area (Å²) in [5.41, 5.74) is -6.47.